The summed E-state index contributed by atoms with van der Waals surface area (Å²) < 4.78 is 6.10. The van der Waals surface area contributed by atoms with E-state index in [2.05, 4.69) is 9.80 Å². The highest BCUT2D eigenvalue weighted by Crippen LogP contribution is 2.37. The van der Waals surface area contributed by atoms with E-state index in [1.807, 2.05) is 36.4 Å². The number of carbonyl (C=O) groups is 2. The molecule has 3 heterocycles. The summed E-state index contributed by atoms with van der Waals surface area (Å²) in [5.41, 5.74) is 3.53. The van der Waals surface area contributed by atoms with Crippen molar-refractivity contribution < 1.29 is 14.3 Å². The van der Waals surface area contributed by atoms with Gasteiger partial charge in [0, 0.05) is 28.7 Å². The molecule has 2 saturated heterocycles. The predicted molar refractivity (Wildman–Crippen MR) is 132 cm³/mol. The summed E-state index contributed by atoms with van der Waals surface area (Å²) in [6, 6.07) is 11.5. The van der Waals surface area contributed by atoms with Gasteiger partial charge in [-0.3, -0.25) is 19.4 Å². The van der Waals surface area contributed by atoms with Crippen molar-refractivity contribution in [1.82, 2.24) is 9.80 Å². The number of likely N-dealkylation sites (tertiary alicyclic amines) is 2. The maximum absolute atomic E-state index is 12.8. The van der Waals surface area contributed by atoms with Gasteiger partial charge in [0.2, 0.25) is 0 Å². The lowest BCUT2D eigenvalue weighted by molar-refractivity contribution is 0.0908. The van der Waals surface area contributed by atoms with Crippen molar-refractivity contribution in [3.8, 4) is 11.5 Å². The maximum Gasteiger partial charge on any atom is 0.176 e. The SMILES string of the molecule is Cl.O=C(CN1CCCCC1)c1ccc2c(c1)Cc1cc(C(=O)CN3CCCCC3)ccc1O2. The molecule has 0 unspecified atom stereocenters. The Bertz CT molecular complexity index is 931. The number of hydrogen-bond donors (Lipinski definition) is 0. The molecule has 5 nitrogen and oxygen atoms in total. The van der Waals surface area contributed by atoms with Crippen LogP contribution < -0.4 is 4.74 Å². The second-order valence-electron chi connectivity index (χ2n) is 9.44. The molecule has 2 aromatic rings. The Labute approximate surface area is 202 Å². The monoisotopic (exact) mass is 468 g/mol. The van der Waals surface area contributed by atoms with E-state index in [4.69, 9.17) is 4.74 Å². The van der Waals surface area contributed by atoms with E-state index in [9.17, 15) is 9.59 Å². The van der Waals surface area contributed by atoms with Gasteiger partial charge in [-0.1, -0.05) is 12.8 Å². The number of piperidine rings is 2. The summed E-state index contributed by atoms with van der Waals surface area (Å²) >= 11 is 0. The zero-order valence-corrected chi connectivity index (χ0v) is 20.0. The van der Waals surface area contributed by atoms with Gasteiger partial charge in [-0.15, -0.1) is 12.4 Å². The highest BCUT2D eigenvalue weighted by molar-refractivity contribution is 5.99. The first-order valence-corrected chi connectivity index (χ1v) is 12.1. The van der Waals surface area contributed by atoms with E-state index in [1.54, 1.807) is 0 Å². The molecule has 0 spiro atoms. The summed E-state index contributed by atoms with van der Waals surface area (Å²) in [4.78, 5) is 30.2. The van der Waals surface area contributed by atoms with Crippen LogP contribution >= 0.6 is 12.4 Å². The molecule has 0 atom stereocenters. The highest BCUT2D eigenvalue weighted by atomic mass is 35.5. The van der Waals surface area contributed by atoms with Crippen LogP contribution in [0.25, 0.3) is 0 Å². The van der Waals surface area contributed by atoms with Gasteiger partial charge in [-0.05, 0) is 88.3 Å². The number of ether oxygens (including phenoxy) is 1. The van der Waals surface area contributed by atoms with Crippen LogP contribution in [0, 0.1) is 0 Å². The largest absolute Gasteiger partial charge is 0.457 e. The Balaban J connectivity index is 0.00000259. The molecule has 33 heavy (non-hydrogen) atoms. The van der Waals surface area contributed by atoms with Crippen LogP contribution in [0.2, 0.25) is 0 Å². The second kappa shape index (κ2) is 10.8. The Morgan fingerprint density at radius 3 is 1.52 bits per heavy atom. The lowest BCUT2D eigenvalue weighted by Gasteiger charge is -2.26. The minimum Gasteiger partial charge on any atom is -0.457 e. The fourth-order valence-corrected chi connectivity index (χ4v) is 5.13. The molecule has 0 amide bonds. The molecule has 0 aromatic heterocycles. The van der Waals surface area contributed by atoms with Crippen molar-refractivity contribution in [1.29, 1.82) is 0 Å². The zero-order valence-electron chi connectivity index (χ0n) is 19.2. The Kier molecular flexibility index (Phi) is 7.84. The number of benzene rings is 2. The number of Topliss-reactive ketones (excluding diaryl/α,β-unsaturated/α-hetero) is 2. The van der Waals surface area contributed by atoms with E-state index in [1.165, 1.54) is 38.5 Å². The van der Waals surface area contributed by atoms with Crippen LogP contribution in [0.4, 0.5) is 0 Å². The Morgan fingerprint density at radius 2 is 1.09 bits per heavy atom. The lowest BCUT2D eigenvalue weighted by atomic mass is 9.95. The fourth-order valence-electron chi connectivity index (χ4n) is 5.13. The van der Waals surface area contributed by atoms with Crippen molar-refractivity contribution in [3.05, 3.63) is 58.7 Å². The van der Waals surface area contributed by atoms with E-state index in [0.29, 0.717) is 19.5 Å². The molecular weight excluding hydrogens is 436 g/mol. The molecule has 3 aliphatic heterocycles. The molecule has 0 N–H and O–H groups in total. The van der Waals surface area contributed by atoms with Gasteiger partial charge in [0.25, 0.3) is 0 Å². The van der Waals surface area contributed by atoms with Gasteiger partial charge in [-0.25, -0.2) is 0 Å². The van der Waals surface area contributed by atoms with Crippen molar-refractivity contribution in [2.24, 2.45) is 0 Å². The van der Waals surface area contributed by atoms with Gasteiger partial charge in [0.05, 0.1) is 13.1 Å². The van der Waals surface area contributed by atoms with Gasteiger partial charge in [0.1, 0.15) is 11.5 Å². The molecule has 5 rings (SSSR count). The van der Waals surface area contributed by atoms with Crippen molar-refractivity contribution in [3.63, 3.8) is 0 Å². The van der Waals surface area contributed by atoms with Crippen molar-refractivity contribution in [2.75, 3.05) is 39.3 Å². The zero-order chi connectivity index (χ0) is 21.9. The number of halogens is 1. The Morgan fingerprint density at radius 1 is 0.667 bits per heavy atom. The van der Waals surface area contributed by atoms with Crippen molar-refractivity contribution in [2.45, 2.75) is 44.9 Å². The summed E-state index contributed by atoms with van der Waals surface area (Å²) in [5.74, 6) is 1.95. The van der Waals surface area contributed by atoms with Crippen LogP contribution in [-0.2, 0) is 6.42 Å². The first-order valence-electron chi connectivity index (χ1n) is 12.1. The third-order valence-electron chi connectivity index (χ3n) is 7.00. The number of nitrogens with zero attached hydrogens (tertiary/aromatic N) is 2. The fraction of sp³-hybridized carbons (Fsp3) is 0.481. The minimum absolute atomic E-state index is 0. The third-order valence-corrected chi connectivity index (χ3v) is 7.00. The van der Waals surface area contributed by atoms with Crippen LogP contribution in [0.5, 0.6) is 11.5 Å². The number of carbonyl (C=O) groups excluding carboxylic acids is 2. The molecule has 0 radical (unpaired) electrons. The number of ketones is 2. The van der Waals surface area contributed by atoms with Crippen LogP contribution in [0.1, 0.15) is 70.4 Å². The number of rotatable bonds is 6. The topological polar surface area (TPSA) is 49.9 Å². The van der Waals surface area contributed by atoms with Crippen molar-refractivity contribution >= 4 is 24.0 Å². The van der Waals surface area contributed by atoms with Gasteiger partial charge < -0.3 is 4.74 Å². The van der Waals surface area contributed by atoms with Gasteiger partial charge >= 0.3 is 0 Å². The smallest absolute Gasteiger partial charge is 0.176 e. The lowest BCUT2D eigenvalue weighted by Crippen LogP contribution is -2.34. The Hall–Kier alpha value is -2.21. The van der Waals surface area contributed by atoms with E-state index >= 15 is 0 Å². The summed E-state index contributed by atoms with van der Waals surface area (Å²) in [6.07, 6.45) is 7.94. The summed E-state index contributed by atoms with van der Waals surface area (Å²) in [5, 5.41) is 0. The van der Waals surface area contributed by atoms with Gasteiger partial charge in [-0.2, -0.15) is 0 Å². The van der Waals surface area contributed by atoms with E-state index in [0.717, 1.165) is 59.9 Å². The average Bonchev–Trinajstić information content (AvgIpc) is 2.83. The standard InChI is InChI=1S/C27H32N2O3.ClH/c30-24(18-28-11-3-1-4-12-28)20-7-9-26-22(15-20)17-23-16-21(8-10-27(23)32-26)25(31)19-29-13-5-2-6-14-29;/h7-10,15-16H,1-6,11-14,17-19H2;1H. The first-order chi connectivity index (χ1) is 15.7. The molecule has 0 bridgehead atoms. The van der Waals surface area contributed by atoms with E-state index in [-0.39, 0.29) is 24.0 Å². The molecule has 2 aromatic carbocycles. The highest BCUT2D eigenvalue weighted by Gasteiger charge is 2.22. The molecule has 3 aliphatic rings. The molecular formula is C27H33ClN2O3. The third kappa shape index (κ3) is 5.65. The van der Waals surface area contributed by atoms with Crippen LogP contribution in [0.15, 0.2) is 36.4 Å². The molecule has 176 valence electrons. The van der Waals surface area contributed by atoms with Gasteiger partial charge in [0.15, 0.2) is 11.6 Å². The normalized spacial score (nSPS) is 18.4. The van der Waals surface area contributed by atoms with Crippen LogP contribution in [-0.4, -0.2) is 60.6 Å². The molecule has 6 heteroatoms. The second-order valence-corrected chi connectivity index (χ2v) is 9.44. The maximum atomic E-state index is 12.8. The average molecular weight is 469 g/mol. The van der Waals surface area contributed by atoms with Crippen LogP contribution in [0.3, 0.4) is 0 Å². The molecule has 0 saturated carbocycles. The molecule has 2 fully saturated rings. The predicted octanol–water partition coefficient (Wildman–Crippen LogP) is 5.14. The quantitative estimate of drug-likeness (QED) is 0.469. The summed E-state index contributed by atoms with van der Waals surface area (Å²) in [6.45, 7) is 5.04. The molecule has 0 aliphatic carbocycles. The first kappa shape index (κ1) is 23.9. The number of fused-ring (bicyclic) bond motifs is 2. The summed E-state index contributed by atoms with van der Waals surface area (Å²) in [7, 11) is 0. The van der Waals surface area contributed by atoms with E-state index < -0.39 is 0 Å². The number of hydrogen-bond acceptors (Lipinski definition) is 5. The minimum atomic E-state index is 0.